The highest BCUT2D eigenvalue weighted by atomic mass is 16.1. The lowest BCUT2D eigenvalue weighted by atomic mass is 9.84. The van der Waals surface area contributed by atoms with Gasteiger partial charge in [0.15, 0.2) is 0 Å². The van der Waals surface area contributed by atoms with Gasteiger partial charge in [0.2, 0.25) is 0 Å². The molecule has 1 heterocycles. The standard InChI is InChI=1S/C18H21N3O/c1-11(14-9-12-6-7-13(14)8-12)20-18(22)17-10-19-15-4-2-3-5-16(15)21-17/h2-5,10-14H,6-9H2,1H3,(H,20,22)/t11-,12-,13-,14+/m0/s1. The van der Waals surface area contributed by atoms with Crippen molar-refractivity contribution in [3.8, 4) is 0 Å². The van der Waals surface area contributed by atoms with Crippen LogP contribution in [0.3, 0.4) is 0 Å². The predicted molar refractivity (Wildman–Crippen MR) is 85.4 cm³/mol. The first kappa shape index (κ1) is 13.7. The molecule has 4 atom stereocenters. The van der Waals surface area contributed by atoms with Crippen LogP contribution in [-0.2, 0) is 0 Å². The molecule has 1 aromatic heterocycles. The van der Waals surface area contributed by atoms with Crippen molar-refractivity contribution in [3.63, 3.8) is 0 Å². The first-order valence-corrected chi connectivity index (χ1v) is 8.23. The number of rotatable bonds is 3. The Bertz CT molecular complexity index is 714. The van der Waals surface area contributed by atoms with Crippen LogP contribution in [0.1, 0.15) is 43.1 Å². The Morgan fingerprint density at radius 3 is 2.77 bits per heavy atom. The number of carbonyl (C=O) groups excluding carboxylic acids is 1. The lowest BCUT2D eigenvalue weighted by Crippen LogP contribution is -2.40. The molecule has 1 N–H and O–H groups in total. The first-order chi connectivity index (χ1) is 10.7. The summed E-state index contributed by atoms with van der Waals surface area (Å²) >= 11 is 0. The Balaban J connectivity index is 1.48. The van der Waals surface area contributed by atoms with Crippen molar-refractivity contribution in [2.75, 3.05) is 0 Å². The lowest BCUT2D eigenvalue weighted by molar-refractivity contribution is 0.0910. The van der Waals surface area contributed by atoms with E-state index in [1.807, 2.05) is 24.3 Å². The number of hydrogen-bond acceptors (Lipinski definition) is 3. The molecule has 0 radical (unpaired) electrons. The highest BCUT2D eigenvalue weighted by Gasteiger charge is 2.42. The number of nitrogens with zero attached hydrogens (tertiary/aromatic N) is 2. The zero-order valence-corrected chi connectivity index (χ0v) is 12.8. The van der Waals surface area contributed by atoms with Gasteiger partial charge in [-0.1, -0.05) is 18.6 Å². The molecule has 4 rings (SSSR count). The molecule has 0 spiro atoms. The molecule has 4 nitrogen and oxygen atoms in total. The molecule has 2 aliphatic rings. The van der Waals surface area contributed by atoms with E-state index in [0.717, 1.165) is 22.9 Å². The normalized spacial score (nSPS) is 28.0. The fourth-order valence-corrected chi connectivity index (χ4v) is 4.36. The van der Waals surface area contributed by atoms with Crippen LogP contribution in [0.5, 0.6) is 0 Å². The lowest BCUT2D eigenvalue weighted by Gasteiger charge is -2.28. The van der Waals surface area contributed by atoms with E-state index in [2.05, 4.69) is 22.2 Å². The third-order valence-corrected chi connectivity index (χ3v) is 5.47. The van der Waals surface area contributed by atoms with E-state index in [9.17, 15) is 4.79 Å². The Labute approximate surface area is 130 Å². The second kappa shape index (κ2) is 5.34. The molecule has 0 saturated heterocycles. The molecule has 4 heteroatoms. The van der Waals surface area contributed by atoms with Gasteiger partial charge in [-0.05, 0) is 56.1 Å². The van der Waals surface area contributed by atoms with Crippen LogP contribution in [0.25, 0.3) is 11.0 Å². The predicted octanol–water partition coefficient (Wildman–Crippen LogP) is 3.18. The van der Waals surface area contributed by atoms with Crippen molar-refractivity contribution >= 4 is 16.9 Å². The number of nitrogens with one attached hydrogen (secondary N) is 1. The van der Waals surface area contributed by atoms with E-state index in [4.69, 9.17) is 0 Å². The molecule has 2 aliphatic carbocycles. The summed E-state index contributed by atoms with van der Waals surface area (Å²) in [6.07, 6.45) is 6.94. The molecule has 2 saturated carbocycles. The average molecular weight is 295 g/mol. The number of carbonyl (C=O) groups is 1. The van der Waals surface area contributed by atoms with E-state index >= 15 is 0 Å². The highest BCUT2D eigenvalue weighted by molar-refractivity contribution is 5.93. The monoisotopic (exact) mass is 295 g/mol. The van der Waals surface area contributed by atoms with Crippen LogP contribution < -0.4 is 5.32 Å². The summed E-state index contributed by atoms with van der Waals surface area (Å²) < 4.78 is 0. The first-order valence-electron chi connectivity index (χ1n) is 8.23. The maximum atomic E-state index is 12.4. The van der Waals surface area contributed by atoms with Crippen LogP contribution in [0.4, 0.5) is 0 Å². The molecular weight excluding hydrogens is 274 g/mol. The van der Waals surface area contributed by atoms with Crippen molar-refractivity contribution in [1.29, 1.82) is 0 Å². The van der Waals surface area contributed by atoms with Gasteiger partial charge in [-0.2, -0.15) is 0 Å². The van der Waals surface area contributed by atoms with Gasteiger partial charge in [0.05, 0.1) is 17.2 Å². The molecule has 0 aliphatic heterocycles. The molecule has 22 heavy (non-hydrogen) atoms. The number of fused-ring (bicyclic) bond motifs is 3. The van der Waals surface area contributed by atoms with Crippen molar-refractivity contribution < 1.29 is 4.79 Å². The number of aromatic nitrogens is 2. The van der Waals surface area contributed by atoms with Crippen LogP contribution in [0.2, 0.25) is 0 Å². The smallest absolute Gasteiger partial charge is 0.271 e. The van der Waals surface area contributed by atoms with Crippen LogP contribution in [0, 0.1) is 17.8 Å². The fraction of sp³-hybridized carbons (Fsp3) is 0.500. The van der Waals surface area contributed by atoms with E-state index < -0.39 is 0 Å². The van der Waals surface area contributed by atoms with Crippen molar-refractivity contribution in [3.05, 3.63) is 36.2 Å². The van der Waals surface area contributed by atoms with Gasteiger partial charge in [0, 0.05) is 6.04 Å². The Morgan fingerprint density at radius 1 is 1.23 bits per heavy atom. The molecule has 2 fully saturated rings. The van der Waals surface area contributed by atoms with Gasteiger partial charge in [-0.3, -0.25) is 9.78 Å². The number of amides is 1. The molecule has 2 bridgehead atoms. The van der Waals surface area contributed by atoms with Crippen molar-refractivity contribution in [2.24, 2.45) is 17.8 Å². The summed E-state index contributed by atoms with van der Waals surface area (Å²) in [5, 5.41) is 3.15. The second-order valence-electron chi connectivity index (χ2n) is 6.84. The average Bonchev–Trinajstić information content (AvgIpc) is 3.17. The van der Waals surface area contributed by atoms with Gasteiger partial charge < -0.3 is 5.32 Å². The van der Waals surface area contributed by atoms with Crippen LogP contribution in [0.15, 0.2) is 30.5 Å². The van der Waals surface area contributed by atoms with Crippen LogP contribution >= 0.6 is 0 Å². The largest absolute Gasteiger partial charge is 0.348 e. The van der Waals surface area contributed by atoms with Gasteiger partial charge in [0.1, 0.15) is 5.69 Å². The van der Waals surface area contributed by atoms with Crippen molar-refractivity contribution in [1.82, 2.24) is 15.3 Å². The third kappa shape index (κ3) is 2.36. The molecule has 114 valence electrons. The minimum Gasteiger partial charge on any atom is -0.348 e. The maximum Gasteiger partial charge on any atom is 0.271 e. The summed E-state index contributed by atoms with van der Waals surface area (Å²) in [4.78, 5) is 21.2. The highest BCUT2D eigenvalue weighted by Crippen LogP contribution is 2.49. The van der Waals surface area contributed by atoms with Gasteiger partial charge in [-0.25, -0.2) is 4.98 Å². The van der Waals surface area contributed by atoms with Gasteiger partial charge in [0.25, 0.3) is 5.91 Å². The van der Waals surface area contributed by atoms with Gasteiger partial charge in [-0.15, -0.1) is 0 Å². The molecular formula is C18H21N3O. The quantitative estimate of drug-likeness (QED) is 0.946. The zero-order valence-electron chi connectivity index (χ0n) is 12.8. The minimum atomic E-state index is -0.103. The number of benzene rings is 1. The molecule has 1 amide bonds. The summed E-state index contributed by atoms with van der Waals surface area (Å²) in [5.41, 5.74) is 2.00. The van der Waals surface area contributed by atoms with Crippen molar-refractivity contribution in [2.45, 2.75) is 38.6 Å². The number of hydrogen-bond donors (Lipinski definition) is 1. The fourth-order valence-electron chi connectivity index (χ4n) is 4.36. The minimum absolute atomic E-state index is 0.103. The Hall–Kier alpha value is -1.97. The molecule has 1 aromatic carbocycles. The molecule has 0 unspecified atom stereocenters. The Morgan fingerprint density at radius 2 is 2.05 bits per heavy atom. The zero-order chi connectivity index (χ0) is 15.1. The van der Waals surface area contributed by atoms with E-state index in [1.165, 1.54) is 25.7 Å². The summed E-state index contributed by atoms with van der Waals surface area (Å²) in [6.45, 7) is 2.14. The summed E-state index contributed by atoms with van der Waals surface area (Å²) in [5.74, 6) is 2.24. The number of para-hydroxylation sites is 2. The van der Waals surface area contributed by atoms with E-state index in [-0.39, 0.29) is 11.9 Å². The summed E-state index contributed by atoms with van der Waals surface area (Å²) in [7, 11) is 0. The maximum absolute atomic E-state index is 12.4. The third-order valence-electron chi connectivity index (χ3n) is 5.47. The topological polar surface area (TPSA) is 54.9 Å². The summed E-state index contributed by atoms with van der Waals surface area (Å²) in [6, 6.07) is 7.85. The second-order valence-corrected chi connectivity index (χ2v) is 6.84. The molecule has 2 aromatic rings. The van der Waals surface area contributed by atoms with E-state index in [1.54, 1.807) is 6.20 Å². The van der Waals surface area contributed by atoms with Gasteiger partial charge >= 0.3 is 0 Å². The Kier molecular flexibility index (Phi) is 3.32. The van der Waals surface area contributed by atoms with Crippen LogP contribution in [-0.4, -0.2) is 21.9 Å². The van der Waals surface area contributed by atoms with E-state index in [0.29, 0.717) is 11.6 Å². The SMILES string of the molecule is C[C@H](NC(=O)c1cnc2ccccc2n1)[C@H]1C[C@H]2CC[C@H]1C2.